The number of rotatable bonds is 4. The highest BCUT2D eigenvalue weighted by Gasteiger charge is 2.15. The highest BCUT2D eigenvalue weighted by Crippen LogP contribution is 2.32. The van der Waals surface area contributed by atoms with Gasteiger partial charge in [-0.05, 0) is 56.5 Å². The van der Waals surface area contributed by atoms with E-state index < -0.39 is 0 Å². The van der Waals surface area contributed by atoms with Crippen LogP contribution in [0.1, 0.15) is 15.9 Å². The lowest BCUT2D eigenvalue weighted by Crippen LogP contribution is -2.11. The molecule has 0 fully saturated rings. The van der Waals surface area contributed by atoms with Gasteiger partial charge in [0.15, 0.2) is 6.61 Å². The fourth-order valence-electron chi connectivity index (χ4n) is 1.48. The van der Waals surface area contributed by atoms with Crippen LogP contribution in [0.2, 0.25) is 0 Å². The van der Waals surface area contributed by atoms with E-state index in [4.69, 9.17) is 4.74 Å². The summed E-state index contributed by atoms with van der Waals surface area (Å²) >= 11 is 8.06. The Hall–Kier alpha value is -0.720. The van der Waals surface area contributed by atoms with E-state index >= 15 is 0 Å². The van der Waals surface area contributed by atoms with E-state index in [1.54, 1.807) is 19.1 Å². The molecule has 2 aromatic rings. The molecule has 0 saturated carbocycles. The third-order valence-corrected chi connectivity index (χ3v) is 4.81. The van der Waals surface area contributed by atoms with Gasteiger partial charge in [-0.15, -0.1) is 11.3 Å². The maximum absolute atomic E-state index is 13.1. The maximum atomic E-state index is 13.1. The molecule has 19 heavy (non-hydrogen) atoms. The number of thiophene rings is 1. The van der Waals surface area contributed by atoms with Gasteiger partial charge in [-0.2, -0.15) is 0 Å². The summed E-state index contributed by atoms with van der Waals surface area (Å²) in [7, 11) is 0. The fraction of sp³-hybridized carbons (Fsp3) is 0.154. The van der Waals surface area contributed by atoms with E-state index in [1.807, 2.05) is 0 Å². The van der Waals surface area contributed by atoms with Crippen molar-refractivity contribution >= 4 is 49.0 Å². The van der Waals surface area contributed by atoms with Gasteiger partial charge >= 0.3 is 0 Å². The number of aryl methyl sites for hydroxylation is 1. The van der Waals surface area contributed by atoms with E-state index in [-0.39, 0.29) is 18.2 Å². The average Bonchev–Trinajstić information content (AvgIpc) is 2.69. The van der Waals surface area contributed by atoms with E-state index in [0.717, 1.165) is 13.1 Å². The lowest BCUT2D eigenvalue weighted by atomic mass is 10.2. The number of carbonyl (C=O) groups excluding carboxylic acids is 1. The highest BCUT2D eigenvalue weighted by atomic mass is 79.9. The zero-order valence-electron chi connectivity index (χ0n) is 9.88. The Morgan fingerprint density at radius 3 is 2.74 bits per heavy atom. The Kier molecular flexibility index (Phi) is 4.76. The first-order valence-electron chi connectivity index (χ1n) is 5.34. The highest BCUT2D eigenvalue weighted by molar-refractivity contribution is 9.12. The second-order valence-electron chi connectivity index (χ2n) is 3.86. The Morgan fingerprint density at radius 1 is 1.37 bits per heavy atom. The summed E-state index contributed by atoms with van der Waals surface area (Å²) in [5, 5.41) is 0. The van der Waals surface area contributed by atoms with Crippen molar-refractivity contribution in [3.63, 3.8) is 0 Å². The molecule has 0 aliphatic carbocycles. The van der Waals surface area contributed by atoms with Crippen LogP contribution in [0.25, 0.3) is 0 Å². The SMILES string of the molecule is Cc1ccc(F)cc1OCC(=O)c1cc(Br)sc1Br. The predicted molar refractivity (Wildman–Crippen MR) is 80.7 cm³/mol. The van der Waals surface area contributed by atoms with Gasteiger partial charge in [-0.1, -0.05) is 6.07 Å². The Balaban J connectivity index is 2.08. The van der Waals surface area contributed by atoms with Gasteiger partial charge in [0.1, 0.15) is 11.6 Å². The molecule has 2 rings (SSSR count). The molecule has 6 heteroatoms. The molecule has 0 N–H and O–H groups in total. The normalized spacial score (nSPS) is 10.5. The molecule has 0 aliphatic heterocycles. The zero-order chi connectivity index (χ0) is 14.0. The van der Waals surface area contributed by atoms with Gasteiger partial charge in [0.2, 0.25) is 5.78 Å². The van der Waals surface area contributed by atoms with Crippen LogP contribution in [-0.2, 0) is 0 Å². The number of ketones is 1. The van der Waals surface area contributed by atoms with Gasteiger partial charge in [0, 0.05) is 11.6 Å². The van der Waals surface area contributed by atoms with Crippen LogP contribution < -0.4 is 4.74 Å². The van der Waals surface area contributed by atoms with E-state index in [1.165, 1.54) is 23.5 Å². The molecular formula is C13H9Br2FO2S. The Bertz CT molecular complexity index is 625. The summed E-state index contributed by atoms with van der Waals surface area (Å²) in [5.41, 5.74) is 1.35. The van der Waals surface area contributed by atoms with Crippen LogP contribution in [0, 0.1) is 12.7 Å². The molecule has 0 spiro atoms. The molecular weight excluding hydrogens is 399 g/mol. The predicted octanol–water partition coefficient (Wildman–Crippen LogP) is 4.98. The number of Topliss-reactive ketones (excluding diaryl/α,β-unsaturated/α-hetero) is 1. The van der Waals surface area contributed by atoms with Crippen molar-refractivity contribution in [1.82, 2.24) is 0 Å². The third-order valence-electron chi connectivity index (χ3n) is 2.47. The third kappa shape index (κ3) is 3.64. The summed E-state index contributed by atoms with van der Waals surface area (Å²) < 4.78 is 20.1. The molecule has 0 bridgehead atoms. The van der Waals surface area contributed by atoms with Crippen LogP contribution in [-0.4, -0.2) is 12.4 Å². The molecule has 1 aromatic carbocycles. The second-order valence-corrected chi connectivity index (χ2v) is 7.61. The molecule has 0 atom stereocenters. The smallest absolute Gasteiger partial charge is 0.202 e. The number of hydrogen-bond donors (Lipinski definition) is 0. The lowest BCUT2D eigenvalue weighted by Gasteiger charge is -2.08. The van der Waals surface area contributed by atoms with Gasteiger partial charge < -0.3 is 4.74 Å². The van der Waals surface area contributed by atoms with Crippen LogP contribution in [0.3, 0.4) is 0 Å². The van der Waals surface area contributed by atoms with Gasteiger partial charge in [-0.3, -0.25) is 4.79 Å². The molecule has 0 radical (unpaired) electrons. The molecule has 100 valence electrons. The summed E-state index contributed by atoms with van der Waals surface area (Å²) in [6.45, 7) is 1.68. The number of carbonyl (C=O) groups is 1. The molecule has 0 unspecified atom stereocenters. The van der Waals surface area contributed by atoms with Crippen molar-refractivity contribution < 1.29 is 13.9 Å². The molecule has 0 saturated heterocycles. The quantitative estimate of drug-likeness (QED) is 0.668. The van der Waals surface area contributed by atoms with Gasteiger partial charge in [0.05, 0.1) is 7.57 Å². The van der Waals surface area contributed by atoms with Crippen LogP contribution in [0.5, 0.6) is 5.75 Å². The second kappa shape index (κ2) is 6.15. The van der Waals surface area contributed by atoms with E-state index in [9.17, 15) is 9.18 Å². The fourth-order valence-corrected chi connectivity index (χ4v) is 4.34. The monoisotopic (exact) mass is 406 g/mol. The Morgan fingerprint density at radius 2 is 2.11 bits per heavy atom. The van der Waals surface area contributed by atoms with Gasteiger partial charge in [-0.25, -0.2) is 4.39 Å². The maximum Gasteiger partial charge on any atom is 0.202 e. The minimum atomic E-state index is -0.382. The van der Waals surface area contributed by atoms with E-state index in [2.05, 4.69) is 31.9 Å². The lowest BCUT2D eigenvalue weighted by molar-refractivity contribution is 0.0920. The average molecular weight is 408 g/mol. The minimum Gasteiger partial charge on any atom is -0.485 e. The molecule has 2 nitrogen and oxygen atoms in total. The van der Waals surface area contributed by atoms with Crippen molar-refractivity contribution in [3.8, 4) is 5.75 Å². The first-order valence-corrected chi connectivity index (χ1v) is 7.74. The van der Waals surface area contributed by atoms with Crippen LogP contribution >= 0.6 is 43.2 Å². The Labute approximate surface area is 130 Å². The number of hydrogen-bond acceptors (Lipinski definition) is 3. The number of halogens is 3. The van der Waals surface area contributed by atoms with Crippen molar-refractivity contribution in [1.29, 1.82) is 0 Å². The summed E-state index contributed by atoms with van der Waals surface area (Å²) in [6.07, 6.45) is 0. The summed E-state index contributed by atoms with van der Waals surface area (Å²) in [5.74, 6) is -0.149. The van der Waals surface area contributed by atoms with E-state index in [0.29, 0.717) is 11.3 Å². The minimum absolute atomic E-state index is 0.119. The number of ether oxygens (including phenoxy) is 1. The van der Waals surface area contributed by atoms with Gasteiger partial charge in [0.25, 0.3) is 0 Å². The number of benzene rings is 1. The summed E-state index contributed by atoms with van der Waals surface area (Å²) in [6, 6.07) is 5.99. The van der Waals surface area contributed by atoms with Crippen LogP contribution in [0.4, 0.5) is 4.39 Å². The molecule has 1 aromatic heterocycles. The van der Waals surface area contributed by atoms with Crippen molar-refractivity contribution in [2.75, 3.05) is 6.61 Å². The molecule has 0 aliphatic rings. The van der Waals surface area contributed by atoms with Crippen LogP contribution in [0.15, 0.2) is 31.8 Å². The summed E-state index contributed by atoms with van der Waals surface area (Å²) in [4.78, 5) is 12.0. The first-order chi connectivity index (χ1) is 8.97. The molecule has 0 amide bonds. The van der Waals surface area contributed by atoms with Crippen molar-refractivity contribution in [2.45, 2.75) is 6.92 Å². The standard InChI is InChI=1S/C13H9Br2FO2S/c1-7-2-3-8(16)4-11(7)18-6-10(17)9-5-12(14)19-13(9)15/h2-5H,6H2,1H3. The largest absolute Gasteiger partial charge is 0.485 e. The topological polar surface area (TPSA) is 26.3 Å². The molecule has 1 heterocycles. The first kappa shape index (κ1) is 14.7. The zero-order valence-corrected chi connectivity index (χ0v) is 13.9. The van der Waals surface area contributed by atoms with Crippen molar-refractivity contribution in [2.24, 2.45) is 0 Å². The van der Waals surface area contributed by atoms with Crippen molar-refractivity contribution in [3.05, 3.63) is 48.8 Å².